The minimum absolute atomic E-state index is 0.0455. The van der Waals surface area contributed by atoms with Gasteiger partial charge in [0.2, 0.25) is 5.91 Å². The van der Waals surface area contributed by atoms with Crippen LogP contribution in [-0.4, -0.2) is 22.7 Å². The topological polar surface area (TPSA) is 59.1 Å². The zero-order chi connectivity index (χ0) is 20.8. The van der Waals surface area contributed by atoms with Gasteiger partial charge in [-0.05, 0) is 49.1 Å². The molecule has 2 aromatic carbocycles. The summed E-state index contributed by atoms with van der Waals surface area (Å²) < 4.78 is 0. The van der Waals surface area contributed by atoms with Crippen molar-refractivity contribution in [1.29, 1.82) is 0 Å². The fraction of sp³-hybridized carbons (Fsp3) is 0.320. The molecule has 1 amide bonds. The molecule has 1 atom stereocenters. The standard InChI is InChI=1S/C25H28N2O2/c1-4-22(27-18(3)28)11-12-23(29)15-19-10-13-25-21(14-19)16-24(17(2)26-25)20-8-6-5-7-9-20/h5-10,13-14,16,22H,4,11-12,15H2,1-3H3,(H,27,28). The van der Waals surface area contributed by atoms with Crippen LogP contribution < -0.4 is 5.32 Å². The smallest absolute Gasteiger partial charge is 0.217 e. The molecule has 3 aromatic rings. The van der Waals surface area contributed by atoms with E-state index in [1.807, 2.05) is 44.2 Å². The zero-order valence-corrected chi connectivity index (χ0v) is 17.4. The van der Waals surface area contributed by atoms with Crippen molar-refractivity contribution < 1.29 is 9.59 Å². The van der Waals surface area contributed by atoms with Crippen LogP contribution in [0.25, 0.3) is 22.0 Å². The first-order chi connectivity index (χ1) is 14.0. The van der Waals surface area contributed by atoms with Gasteiger partial charge in [0.1, 0.15) is 5.78 Å². The Hall–Kier alpha value is -3.01. The number of hydrogen-bond acceptors (Lipinski definition) is 3. The van der Waals surface area contributed by atoms with E-state index >= 15 is 0 Å². The number of fused-ring (bicyclic) bond motifs is 1. The maximum absolute atomic E-state index is 12.5. The van der Waals surface area contributed by atoms with Gasteiger partial charge in [-0.2, -0.15) is 0 Å². The number of pyridine rings is 1. The number of aryl methyl sites for hydroxylation is 1. The Bertz CT molecular complexity index is 1010. The van der Waals surface area contributed by atoms with Crippen LogP contribution in [0, 0.1) is 6.92 Å². The van der Waals surface area contributed by atoms with Gasteiger partial charge in [-0.15, -0.1) is 0 Å². The normalized spacial score (nSPS) is 12.0. The molecule has 150 valence electrons. The van der Waals surface area contributed by atoms with E-state index in [0.717, 1.165) is 39.7 Å². The molecule has 3 rings (SSSR count). The van der Waals surface area contributed by atoms with E-state index in [-0.39, 0.29) is 17.7 Å². The van der Waals surface area contributed by atoms with E-state index < -0.39 is 0 Å². The van der Waals surface area contributed by atoms with Gasteiger partial charge >= 0.3 is 0 Å². The predicted molar refractivity (Wildman–Crippen MR) is 118 cm³/mol. The van der Waals surface area contributed by atoms with Gasteiger partial charge in [0, 0.05) is 42.5 Å². The Balaban J connectivity index is 1.74. The Morgan fingerprint density at radius 2 is 1.83 bits per heavy atom. The Kier molecular flexibility index (Phi) is 6.76. The van der Waals surface area contributed by atoms with E-state index in [0.29, 0.717) is 19.3 Å². The fourth-order valence-electron chi connectivity index (χ4n) is 3.66. The van der Waals surface area contributed by atoms with Gasteiger partial charge in [0.25, 0.3) is 0 Å². The molecule has 0 saturated heterocycles. The van der Waals surface area contributed by atoms with Crippen LogP contribution in [0.1, 0.15) is 44.4 Å². The second-order valence-electron chi connectivity index (χ2n) is 7.57. The van der Waals surface area contributed by atoms with Crippen molar-refractivity contribution in [3.05, 3.63) is 65.9 Å². The van der Waals surface area contributed by atoms with E-state index in [2.05, 4.69) is 29.6 Å². The lowest BCUT2D eigenvalue weighted by atomic mass is 9.98. The second kappa shape index (κ2) is 9.46. The summed E-state index contributed by atoms with van der Waals surface area (Å²) in [5, 5.41) is 3.95. The Morgan fingerprint density at radius 3 is 2.52 bits per heavy atom. The van der Waals surface area contributed by atoms with E-state index in [1.165, 1.54) is 6.92 Å². The molecule has 1 unspecified atom stereocenters. The summed E-state index contributed by atoms with van der Waals surface area (Å²) in [6, 6.07) is 18.5. The molecule has 1 heterocycles. The van der Waals surface area contributed by atoms with Crippen molar-refractivity contribution in [1.82, 2.24) is 10.3 Å². The number of carbonyl (C=O) groups excluding carboxylic acids is 2. The number of benzene rings is 2. The molecule has 0 aliphatic heterocycles. The summed E-state index contributed by atoms with van der Waals surface area (Å²) in [6.45, 7) is 5.56. The third-order valence-corrected chi connectivity index (χ3v) is 5.23. The fourth-order valence-corrected chi connectivity index (χ4v) is 3.66. The van der Waals surface area contributed by atoms with Gasteiger partial charge in [0.05, 0.1) is 5.52 Å². The molecule has 0 bridgehead atoms. The molecule has 0 aliphatic rings. The molecule has 0 aliphatic carbocycles. The van der Waals surface area contributed by atoms with Crippen LogP contribution in [-0.2, 0) is 16.0 Å². The molecule has 4 heteroatoms. The quantitative estimate of drug-likeness (QED) is 0.590. The number of nitrogens with one attached hydrogen (secondary N) is 1. The number of hydrogen-bond donors (Lipinski definition) is 1. The largest absolute Gasteiger partial charge is 0.354 e. The number of Topliss-reactive ketones (excluding diaryl/α,β-unsaturated/α-hetero) is 1. The molecule has 0 fully saturated rings. The van der Waals surface area contributed by atoms with Gasteiger partial charge in [-0.25, -0.2) is 0 Å². The number of ketones is 1. The third-order valence-electron chi connectivity index (χ3n) is 5.23. The summed E-state index contributed by atoms with van der Waals surface area (Å²) in [6.07, 6.45) is 2.39. The van der Waals surface area contributed by atoms with Gasteiger partial charge in [-0.3, -0.25) is 14.6 Å². The molecule has 0 saturated carbocycles. The highest BCUT2D eigenvalue weighted by atomic mass is 16.1. The average Bonchev–Trinajstić information content (AvgIpc) is 2.71. The number of nitrogens with zero attached hydrogens (tertiary/aromatic N) is 1. The number of amides is 1. The van der Waals surface area contributed by atoms with Crippen molar-refractivity contribution in [3.8, 4) is 11.1 Å². The first-order valence-corrected chi connectivity index (χ1v) is 10.2. The molecule has 0 radical (unpaired) electrons. The molecule has 0 spiro atoms. The average molecular weight is 389 g/mol. The molecule has 29 heavy (non-hydrogen) atoms. The SMILES string of the molecule is CCC(CCC(=O)Cc1ccc2nc(C)c(-c3ccccc3)cc2c1)NC(C)=O. The first-order valence-electron chi connectivity index (χ1n) is 10.2. The summed E-state index contributed by atoms with van der Waals surface area (Å²) in [4.78, 5) is 28.4. The lowest BCUT2D eigenvalue weighted by Crippen LogP contribution is -2.32. The lowest BCUT2D eigenvalue weighted by Gasteiger charge is -2.15. The third kappa shape index (κ3) is 5.50. The number of aromatic nitrogens is 1. The van der Waals surface area contributed by atoms with Crippen LogP contribution >= 0.6 is 0 Å². The summed E-state index contributed by atoms with van der Waals surface area (Å²) in [5.74, 6) is 0.146. The highest BCUT2D eigenvalue weighted by Crippen LogP contribution is 2.27. The van der Waals surface area contributed by atoms with Crippen molar-refractivity contribution in [2.24, 2.45) is 0 Å². The Labute approximate surface area is 172 Å². The van der Waals surface area contributed by atoms with Gasteiger partial charge in [-0.1, -0.05) is 43.3 Å². The minimum Gasteiger partial charge on any atom is -0.354 e. The van der Waals surface area contributed by atoms with E-state index in [9.17, 15) is 9.59 Å². The second-order valence-corrected chi connectivity index (χ2v) is 7.57. The van der Waals surface area contributed by atoms with Crippen molar-refractivity contribution in [2.45, 2.75) is 52.5 Å². The monoisotopic (exact) mass is 388 g/mol. The van der Waals surface area contributed by atoms with Gasteiger partial charge in [0.15, 0.2) is 0 Å². The highest BCUT2D eigenvalue weighted by Gasteiger charge is 2.12. The maximum atomic E-state index is 12.5. The first kappa shape index (κ1) is 20.7. The van der Waals surface area contributed by atoms with Crippen LogP contribution in [0.2, 0.25) is 0 Å². The van der Waals surface area contributed by atoms with Gasteiger partial charge < -0.3 is 5.32 Å². The van der Waals surface area contributed by atoms with Crippen LogP contribution in [0.15, 0.2) is 54.6 Å². The molecular weight excluding hydrogens is 360 g/mol. The summed E-state index contributed by atoms with van der Waals surface area (Å²) in [7, 11) is 0. The zero-order valence-electron chi connectivity index (χ0n) is 17.4. The van der Waals surface area contributed by atoms with E-state index in [4.69, 9.17) is 4.98 Å². The predicted octanol–water partition coefficient (Wildman–Crippen LogP) is 5.02. The highest BCUT2D eigenvalue weighted by molar-refractivity contribution is 5.87. The minimum atomic E-state index is -0.0455. The molecule has 1 N–H and O–H groups in total. The molecule has 1 aromatic heterocycles. The van der Waals surface area contributed by atoms with E-state index in [1.54, 1.807) is 0 Å². The summed E-state index contributed by atoms with van der Waals surface area (Å²) in [5.41, 5.74) is 5.19. The molecular formula is C25H28N2O2. The Morgan fingerprint density at radius 1 is 1.07 bits per heavy atom. The lowest BCUT2D eigenvalue weighted by molar-refractivity contribution is -0.121. The number of rotatable bonds is 8. The van der Waals surface area contributed by atoms with Crippen molar-refractivity contribution in [2.75, 3.05) is 0 Å². The van der Waals surface area contributed by atoms with Crippen molar-refractivity contribution >= 4 is 22.6 Å². The van der Waals surface area contributed by atoms with Crippen LogP contribution in [0.5, 0.6) is 0 Å². The van der Waals surface area contributed by atoms with Crippen LogP contribution in [0.3, 0.4) is 0 Å². The number of carbonyl (C=O) groups is 2. The maximum Gasteiger partial charge on any atom is 0.217 e. The van der Waals surface area contributed by atoms with Crippen molar-refractivity contribution in [3.63, 3.8) is 0 Å². The molecule has 4 nitrogen and oxygen atoms in total. The van der Waals surface area contributed by atoms with Crippen LogP contribution in [0.4, 0.5) is 0 Å². The summed E-state index contributed by atoms with van der Waals surface area (Å²) >= 11 is 0.